The molecule has 7 nitrogen and oxygen atoms in total. The van der Waals surface area contributed by atoms with E-state index in [2.05, 4.69) is 30.6 Å². The van der Waals surface area contributed by atoms with E-state index in [1.54, 1.807) is 12.4 Å². The number of hydrogen-bond acceptors (Lipinski definition) is 6. The minimum Gasteiger partial charge on any atom is -0.341 e. The molecule has 3 aliphatic rings. The summed E-state index contributed by atoms with van der Waals surface area (Å²) in [5, 5.41) is 0. The number of amides is 1. The molecule has 2 saturated heterocycles. The van der Waals surface area contributed by atoms with E-state index in [-0.39, 0.29) is 5.92 Å². The first-order chi connectivity index (χ1) is 11.8. The van der Waals surface area contributed by atoms with E-state index in [1.165, 1.54) is 12.8 Å². The van der Waals surface area contributed by atoms with Crippen molar-refractivity contribution in [2.75, 3.05) is 37.6 Å². The quantitative estimate of drug-likeness (QED) is 0.818. The molecule has 0 bridgehead atoms. The fourth-order valence-corrected chi connectivity index (χ4v) is 4.35. The zero-order valence-electron chi connectivity index (χ0n) is 14.0. The SMILES string of the molecule is O=C(C1CCCC2CNNC21)N1CCCN(c2ncccn2)CC1. The molecule has 1 aliphatic carbocycles. The van der Waals surface area contributed by atoms with Crippen molar-refractivity contribution in [1.29, 1.82) is 0 Å². The molecular formula is C17H26N6O. The molecule has 2 aliphatic heterocycles. The van der Waals surface area contributed by atoms with Crippen LogP contribution in [0, 0.1) is 11.8 Å². The third-order valence-electron chi connectivity index (χ3n) is 5.62. The van der Waals surface area contributed by atoms with Gasteiger partial charge in [-0.15, -0.1) is 0 Å². The van der Waals surface area contributed by atoms with Gasteiger partial charge < -0.3 is 9.80 Å². The first kappa shape index (κ1) is 15.8. The van der Waals surface area contributed by atoms with Gasteiger partial charge in [0.05, 0.1) is 5.92 Å². The van der Waals surface area contributed by atoms with Crippen molar-refractivity contribution >= 4 is 11.9 Å². The predicted molar refractivity (Wildman–Crippen MR) is 91.2 cm³/mol. The summed E-state index contributed by atoms with van der Waals surface area (Å²) in [6, 6.07) is 2.14. The first-order valence-corrected chi connectivity index (χ1v) is 9.12. The standard InChI is InChI=1S/C17H26N6O/c24-16(14-5-1-4-13-12-20-21-15(13)14)22-8-3-9-23(11-10-22)17-18-6-2-7-19-17/h2,6-7,13-15,20-21H,1,3-5,8-12H2. The fraction of sp³-hybridized carbons (Fsp3) is 0.706. The van der Waals surface area contributed by atoms with Crippen LogP contribution in [-0.4, -0.2) is 59.5 Å². The minimum absolute atomic E-state index is 0.123. The van der Waals surface area contributed by atoms with Crippen LogP contribution in [-0.2, 0) is 4.79 Å². The maximum atomic E-state index is 13.1. The highest BCUT2D eigenvalue weighted by Crippen LogP contribution is 2.32. The number of carbonyl (C=O) groups is 1. The Kier molecular flexibility index (Phi) is 4.62. The van der Waals surface area contributed by atoms with Crippen LogP contribution < -0.4 is 15.8 Å². The van der Waals surface area contributed by atoms with Gasteiger partial charge in [0.25, 0.3) is 0 Å². The molecule has 1 saturated carbocycles. The molecule has 3 fully saturated rings. The molecule has 3 heterocycles. The third kappa shape index (κ3) is 3.10. The Balaban J connectivity index is 1.40. The zero-order chi connectivity index (χ0) is 16.4. The van der Waals surface area contributed by atoms with E-state index in [4.69, 9.17) is 0 Å². The molecule has 2 N–H and O–H groups in total. The van der Waals surface area contributed by atoms with E-state index < -0.39 is 0 Å². The number of fused-ring (bicyclic) bond motifs is 1. The summed E-state index contributed by atoms with van der Waals surface area (Å²) in [6.07, 6.45) is 7.92. The van der Waals surface area contributed by atoms with Gasteiger partial charge in [-0.3, -0.25) is 15.6 Å². The third-order valence-corrected chi connectivity index (χ3v) is 5.62. The van der Waals surface area contributed by atoms with Crippen LogP contribution in [0.25, 0.3) is 0 Å². The van der Waals surface area contributed by atoms with Crippen LogP contribution in [0.1, 0.15) is 25.7 Å². The van der Waals surface area contributed by atoms with Gasteiger partial charge in [-0.1, -0.05) is 6.42 Å². The van der Waals surface area contributed by atoms with Crippen molar-refractivity contribution in [2.45, 2.75) is 31.7 Å². The number of hydrogen-bond donors (Lipinski definition) is 2. The van der Waals surface area contributed by atoms with Gasteiger partial charge in [0.15, 0.2) is 0 Å². The molecule has 0 radical (unpaired) electrons. The molecule has 24 heavy (non-hydrogen) atoms. The van der Waals surface area contributed by atoms with Gasteiger partial charge in [-0.05, 0) is 31.2 Å². The van der Waals surface area contributed by atoms with E-state index >= 15 is 0 Å². The van der Waals surface area contributed by atoms with Gasteiger partial charge in [0, 0.05) is 51.2 Å². The molecule has 1 aromatic heterocycles. The maximum Gasteiger partial charge on any atom is 0.227 e. The second-order valence-corrected chi connectivity index (χ2v) is 7.06. The molecule has 130 valence electrons. The lowest BCUT2D eigenvalue weighted by Gasteiger charge is -2.35. The summed E-state index contributed by atoms with van der Waals surface area (Å²) >= 11 is 0. The topological polar surface area (TPSA) is 73.4 Å². The highest BCUT2D eigenvalue weighted by Gasteiger charge is 2.41. The maximum absolute atomic E-state index is 13.1. The molecule has 0 spiro atoms. The van der Waals surface area contributed by atoms with E-state index in [9.17, 15) is 4.79 Å². The van der Waals surface area contributed by atoms with Crippen molar-refractivity contribution < 1.29 is 4.79 Å². The number of hydrazine groups is 1. The number of rotatable bonds is 2. The predicted octanol–water partition coefficient (Wildman–Crippen LogP) is 0.408. The average molecular weight is 330 g/mol. The first-order valence-electron chi connectivity index (χ1n) is 9.12. The number of aromatic nitrogens is 2. The molecular weight excluding hydrogens is 304 g/mol. The Morgan fingerprint density at radius 3 is 2.83 bits per heavy atom. The summed E-state index contributed by atoms with van der Waals surface area (Å²) in [5.41, 5.74) is 6.60. The van der Waals surface area contributed by atoms with E-state index in [1.807, 2.05) is 6.07 Å². The van der Waals surface area contributed by atoms with Gasteiger partial charge in [-0.25, -0.2) is 9.97 Å². The van der Waals surface area contributed by atoms with Crippen LogP contribution in [0.4, 0.5) is 5.95 Å². The highest BCUT2D eigenvalue weighted by atomic mass is 16.2. The average Bonchev–Trinajstić information content (AvgIpc) is 2.98. The Morgan fingerprint density at radius 2 is 1.96 bits per heavy atom. The van der Waals surface area contributed by atoms with Crippen molar-refractivity contribution in [2.24, 2.45) is 11.8 Å². The van der Waals surface area contributed by atoms with Crippen LogP contribution in [0.2, 0.25) is 0 Å². The Labute approximate surface area is 142 Å². The monoisotopic (exact) mass is 330 g/mol. The molecule has 1 amide bonds. The molecule has 0 aromatic carbocycles. The number of nitrogens with zero attached hydrogens (tertiary/aromatic N) is 4. The van der Waals surface area contributed by atoms with Crippen LogP contribution >= 0.6 is 0 Å². The van der Waals surface area contributed by atoms with Crippen molar-refractivity contribution in [1.82, 2.24) is 25.7 Å². The minimum atomic E-state index is 0.123. The van der Waals surface area contributed by atoms with Crippen LogP contribution in [0.5, 0.6) is 0 Å². The van der Waals surface area contributed by atoms with Gasteiger partial charge in [-0.2, -0.15) is 0 Å². The number of nitrogens with one attached hydrogen (secondary N) is 2. The summed E-state index contributed by atoms with van der Waals surface area (Å²) in [4.78, 5) is 26.0. The number of carbonyl (C=O) groups excluding carboxylic acids is 1. The van der Waals surface area contributed by atoms with E-state index in [0.717, 1.165) is 51.5 Å². The Hall–Kier alpha value is -1.73. The van der Waals surface area contributed by atoms with Crippen molar-refractivity contribution in [3.8, 4) is 0 Å². The lowest BCUT2D eigenvalue weighted by molar-refractivity contribution is -0.137. The molecule has 7 heteroatoms. The lowest BCUT2D eigenvalue weighted by atomic mass is 9.77. The normalized spacial score (nSPS) is 30.8. The highest BCUT2D eigenvalue weighted by molar-refractivity contribution is 5.80. The smallest absolute Gasteiger partial charge is 0.227 e. The zero-order valence-corrected chi connectivity index (χ0v) is 14.0. The van der Waals surface area contributed by atoms with Crippen molar-refractivity contribution in [3.05, 3.63) is 18.5 Å². The molecule has 1 aromatic rings. The summed E-state index contributed by atoms with van der Waals surface area (Å²) in [7, 11) is 0. The largest absolute Gasteiger partial charge is 0.341 e. The summed E-state index contributed by atoms with van der Waals surface area (Å²) in [6.45, 7) is 4.31. The Bertz CT molecular complexity index is 567. The van der Waals surface area contributed by atoms with Crippen LogP contribution in [0.15, 0.2) is 18.5 Å². The van der Waals surface area contributed by atoms with Crippen molar-refractivity contribution in [3.63, 3.8) is 0 Å². The van der Waals surface area contributed by atoms with Gasteiger partial charge in [0.1, 0.15) is 0 Å². The summed E-state index contributed by atoms with van der Waals surface area (Å²) < 4.78 is 0. The second-order valence-electron chi connectivity index (χ2n) is 7.06. The lowest BCUT2D eigenvalue weighted by Crippen LogP contribution is -2.49. The molecule has 3 unspecified atom stereocenters. The fourth-order valence-electron chi connectivity index (χ4n) is 4.35. The summed E-state index contributed by atoms with van der Waals surface area (Å²) in [5.74, 6) is 1.83. The van der Waals surface area contributed by atoms with Crippen LogP contribution in [0.3, 0.4) is 0 Å². The number of anilines is 1. The second kappa shape index (κ2) is 7.03. The molecule has 4 rings (SSSR count). The van der Waals surface area contributed by atoms with E-state index in [0.29, 0.717) is 17.9 Å². The van der Waals surface area contributed by atoms with Gasteiger partial charge in [0.2, 0.25) is 11.9 Å². The van der Waals surface area contributed by atoms with Gasteiger partial charge >= 0.3 is 0 Å². The Morgan fingerprint density at radius 1 is 1.08 bits per heavy atom. The molecule has 3 atom stereocenters.